The summed E-state index contributed by atoms with van der Waals surface area (Å²) in [6.45, 7) is 3.71. The van der Waals surface area contributed by atoms with Gasteiger partial charge in [0, 0.05) is 33.9 Å². The Morgan fingerprint density at radius 3 is 2.41 bits per heavy atom. The van der Waals surface area contributed by atoms with Gasteiger partial charge in [0.15, 0.2) is 0 Å². The standard InChI is InChI=1S/C22H18O5/c1-12-15(8-9-20(23)24)22(25)27-18-11-19-17(10-16(12)18)21(13(2)26-19)14-6-4-3-5-7-14/h3-7,10-11H,8-9H2,1-2H3,(H,23,24)/p-1. The molecule has 0 aliphatic carbocycles. The average molecular weight is 361 g/mol. The second-order valence-corrected chi connectivity index (χ2v) is 6.61. The van der Waals surface area contributed by atoms with Crippen molar-refractivity contribution in [3.05, 3.63) is 69.8 Å². The van der Waals surface area contributed by atoms with Gasteiger partial charge in [0.2, 0.25) is 0 Å². The van der Waals surface area contributed by atoms with Crippen molar-refractivity contribution in [2.45, 2.75) is 26.7 Å². The van der Waals surface area contributed by atoms with Crippen LogP contribution in [-0.2, 0) is 11.2 Å². The summed E-state index contributed by atoms with van der Waals surface area (Å²) >= 11 is 0. The summed E-state index contributed by atoms with van der Waals surface area (Å²) in [4.78, 5) is 23.1. The zero-order valence-electron chi connectivity index (χ0n) is 15.0. The average Bonchev–Trinajstić information content (AvgIpc) is 2.95. The molecular weight excluding hydrogens is 344 g/mol. The Balaban J connectivity index is 1.98. The first-order valence-electron chi connectivity index (χ1n) is 8.70. The van der Waals surface area contributed by atoms with Crippen molar-refractivity contribution < 1.29 is 18.7 Å². The highest BCUT2D eigenvalue weighted by Crippen LogP contribution is 2.37. The van der Waals surface area contributed by atoms with E-state index >= 15 is 0 Å². The van der Waals surface area contributed by atoms with E-state index in [4.69, 9.17) is 8.83 Å². The van der Waals surface area contributed by atoms with Gasteiger partial charge < -0.3 is 18.7 Å². The largest absolute Gasteiger partial charge is 0.550 e. The summed E-state index contributed by atoms with van der Waals surface area (Å²) in [5.41, 5.74) is 3.68. The number of fused-ring (bicyclic) bond motifs is 2. The van der Waals surface area contributed by atoms with Gasteiger partial charge in [-0.3, -0.25) is 0 Å². The number of rotatable bonds is 4. The predicted molar refractivity (Wildman–Crippen MR) is 100 cm³/mol. The lowest BCUT2D eigenvalue weighted by Crippen LogP contribution is -2.24. The fourth-order valence-corrected chi connectivity index (χ4v) is 3.58. The fraction of sp³-hybridized carbons (Fsp3) is 0.182. The minimum absolute atomic E-state index is 0.0838. The van der Waals surface area contributed by atoms with Gasteiger partial charge in [0.25, 0.3) is 0 Å². The highest BCUT2D eigenvalue weighted by Gasteiger charge is 2.17. The molecule has 0 saturated heterocycles. The molecule has 0 bridgehead atoms. The molecule has 0 fully saturated rings. The summed E-state index contributed by atoms with van der Waals surface area (Å²) in [7, 11) is 0. The van der Waals surface area contributed by atoms with Crippen molar-refractivity contribution in [3.8, 4) is 11.1 Å². The highest BCUT2D eigenvalue weighted by molar-refractivity contribution is 6.03. The number of carbonyl (C=O) groups excluding carboxylic acids is 1. The molecule has 0 radical (unpaired) electrons. The Kier molecular flexibility index (Phi) is 4.07. The molecule has 0 spiro atoms. The van der Waals surface area contributed by atoms with Gasteiger partial charge in [-0.25, -0.2) is 4.79 Å². The Bertz CT molecular complexity index is 1230. The quantitative estimate of drug-likeness (QED) is 0.520. The van der Waals surface area contributed by atoms with Gasteiger partial charge >= 0.3 is 5.63 Å². The molecular formula is C22H17O5-. The molecule has 5 nitrogen and oxygen atoms in total. The van der Waals surface area contributed by atoms with E-state index in [0.717, 1.165) is 33.2 Å². The molecule has 136 valence electrons. The molecule has 0 amide bonds. The van der Waals surface area contributed by atoms with E-state index in [2.05, 4.69) is 0 Å². The molecule has 0 aliphatic heterocycles. The number of aliphatic carboxylic acids is 1. The fourth-order valence-electron chi connectivity index (χ4n) is 3.58. The van der Waals surface area contributed by atoms with Crippen molar-refractivity contribution in [2.24, 2.45) is 0 Å². The predicted octanol–water partition coefficient (Wildman–Crippen LogP) is 3.51. The smallest absolute Gasteiger partial charge is 0.339 e. The van der Waals surface area contributed by atoms with Gasteiger partial charge in [-0.15, -0.1) is 0 Å². The Hall–Kier alpha value is -3.34. The molecule has 0 saturated carbocycles. The van der Waals surface area contributed by atoms with Crippen molar-refractivity contribution in [1.82, 2.24) is 0 Å². The lowest BCUT2D eigenvalue weighted by atomic mass is 9.98. The third kappa shape index (κ3) is 2.91. The van der Waals surface area contributed by atoms with Crippen LogP contribution in [0.3, 0.4) is 0 Å². The summed E-state index contributed by atoms with van der Waals surface area (Å²) in [5, 5.41) is 12.5. The van der Waals surface area contributed by atoms with Crippen molar-refractivity contribution in [3.63, 3.8) is 0 Å². The van der Waals surface area contributed by atoms with E-state index in [-0.39, 0.29) is 12.8 Å². The van der Waals surface area contributed by atoms with Gasteiger partial charge in [-0.2, -0.15) is 0 Å². The zero-order chi connectivity index (χ0) is 19.1. The number of benzene rings is 2. The van der Waals surface area contributed by atoms with Crippen LogP contribution in [0.4, 0.5) is 0 Å². The Morgan fingerprint density at radius 1 is 1.00 bits per heavy atom. The second kappa shape index (κ2) is 6.43. The molecule has 27 heavy (non-hydrogen) atoms. The molecule has 0 atom stereocenters. The molecule has 5 heteroatoms. The molecule has 2 aromatic carbocycles. The molecule has 4 aromatic rings. The number of carbonyl (C=O) groups is 1. The van der Waals surface area contributed by atoms with E-state index in [0.29, 0.717) is 16.7 Å². The first-order valence-corrected chi connectivity index (χ1v) is 8.70. The van der Waals surface area contributed by atoms with Crippen LogP contribution in [-0.4, -0.2) is 5.97 Å². The van der Waals surface area contributed by atoms with Crippen LogP contribution in [0.15, 0.2) is 56.1 Å². The van der Waals surface area contributed by atoms with E-state index in [9.17, 15) is 14.7 Å². The van der Waals surface area contributed by atoms with Crippen molar-refractivity contribution in [1.29, 1.82) is 0 Å². The van der Waals surface area contributed by atoms with Crippen LogP contribution >= 0.6 is 0 Å². The first kappa shape index (κ1) is 17.1. The Labute approximate surface area is 154 Å². The van der Waals surface area contributed by atoms with E-state index < -0.39 is 11.6 Å². The van der Waals surface area contributed by atoms with Crippen LogP contribution in [0.25, 0.3) is 33.1 Å². The highest BCUT2D eigenvalue weighted by atomic mass is 16.4. The SMILES string of the molecule is Cc1oc2cc3oc(=O)c(CCC(=O)[O-])c(C)c3cc2c1-c1ccccc1. The molecule has 0 N–H and O–H groups in total. The molecule has 0 aliphatic rings. The van der Waals surface area contributed by atoms with Gasteiger partial charge in [0.05, 0.1) is 0 Å². The number of furan rings is 1. The molecule has 2 aromatic heterocycles. The number of carboxylic acids is 1. The summed E-state index contributed by atoms with van der Waals surface area (Å²) in [6.07, 6.45) is -0.139. The maximum absolute atomic E-state index is 12.3. The number of aryl methyl sites for hydroxylation is 2. The minimum atomic E-state index is -1.19. The monoisotopic (exact) mass is 361 g/mol. The van der Waals surface area contributed by atoms with Crippen LogP contribution in [0.1, 0.15) is 23.3 Å². The summed E-state index contributed by atoms with van der Waals surface area (Å²) < 4.78 is 11.3. The Morgan fingerprint density at radius 2 is 1.70 bits per heavy atom. The first-order chi connectivity index (χ1) is 13.0. The summed E-state index contributed by atoms with van der Waals surface area (Å²) in [5.74, 6) is -0.412. The maximum atomic E-state index is 12.3. The summed E-state index contributed by atoms with van der Waals surface area (Å²) in [6, 6.07) is 13.6. The number of carboxylic acid groups (broad SMARTS) is 1. The van der Waals surface area contributed by atoms with Crippen LogP contribution < -0.4 is 10.7 Å². The van der Waals surface area contributed by atoms with Crippen molar-refractivity contribution in [2.75, 3.05) is 0 Å². The lowest BCUT2D eigenvalue weighted by Gasteiger charge is -2.08. The third-order valence-corrected chi connectivity index (χ3v) is 4.91. The van der Waals surface area contributed by atoms with Crippen LogP contribution in [0.5, 0.6) is 0 Å². The molecule has 0 unspecified atom stereocenters. The minimum Gasteiger partial charge on any atom is -0.550 e. The van der Waals surface area contributed by atoms with E-state index in [1.165, 1.54) is 0 Å². The zero-order valence-corrected chi connectivity index (χ0v) is 15.0. The van der Waals surface area contributed by atoms with Gasteiger partial charge in [-0.05, 0) is 43.9 Å². The van der Waals surface area contributed by atoms with Crippen LogP contribution in [0, 0.1) is 13.8 Å². The third-order valence-electron chi connectivity index (χ3n) is 4.91. The topological polar surface area (TPSA) is 83.5 Å². The van der Waals surface area contributed by atoms with E-state index in [1.54, 1.807) is 6.07 Å². The number of hydrogen-bond donors (Lipinski definition) is 0. The molecule has 2 heterocycles. The lowest BCUT2D eigenvalue weighted by molar-refractivity contribution is -0.305. The van der Waals surface area contributed by atoms with E-state index in [1.807, 2.05) is 50.2 Å². The van der Waals surface area contributed by atoms with Crippen molar-refractivity contribution >= 4 is 27.9 Å². The second-order valence-electron chi connectivity index (χ2n) is 6.61. The normalized spacial score (nSPS) is 11.3. The van der Waals surface area contributed by atoms with Crippen LogP contribution in [0.2, 0.25) is 0 Å². The number of hydrogen-bond acceptors (Lipinski definition) is 5. The molecule has 4 rings (SSSR count). The maximum Gasteiger partial charge on any atom is 0.339 e. The van der Waals surface area contributed by atoms with Gasteiger partial charge in [0.1, 0.15) is 16.9 Å². The van der Waals surface area contributed by atoms with Gasteiger partial charge in [-0.1, -0.05) is 30.3 Å².